The lowest BCUT2D eigenvalue weighted by atomic mass is 9.66. The average Bonchev–Trinajstić information content (AvgIpc) is 2.66. The Morgan fingerprint density at radius 3 is 2.68 bits per heavy atom. The Morgan fingerprint density at radius 2 is 2.00 bits per heavy atom. The Labute approximate surface area is 118 Å². The highest BCUT2D eigenvalue weighted by atomic mass is 16.1. The van der Waals surface area contributed by atoms with Crippen molar-refractivity contribution in [1.29, 1.82) is 0 Å². The van der Waals surface area contributed by atoms with E-state index in [1.54, 1.807) is 0 Å². The summed E-state index contributed by atoms with van der Waals surface area (Å²) in [6.45, 7) is 9.49. The minimum Gasteiger partial charge on any atom is -0.295 e. The summed E-state index contributed by atoms with van der Waals surface area (Å²) in [7, 11) is 0. The average molecular weight is 262 g/mol. The number of carbonyl (C=O) groups is 1. The molecule has 3 atom stereocenters. The summed E-state index contributed by atoms with van der Waals surface area (Å²) in [6, 6.07) is 0. The quantitative estimate of drug-likeness (QED) is 0.669. The van der Waals surface area contributed by atoms with Gasteiger partial charge < -0.3 is 0 Å². The van der Waals surface area contributed by atoms with Gasteiger partial charge in [-0.2, -0.15) is 0 Å². The number of fused-ring (bicyclic) bond motifs is 1. The van der Waals surface area contributed by atoms with E-state index in [0.29, 0.717) is 11.2 Å². The minimum atomic E-state index is 0.338. The number of ketones is 1. The van der Waals surface area contributed by atoms with Crippen molar-refractivity contribution in [3.8, 4) is 0 Å². The number of hydrogen-bond acceptors (Lipinski definition) is 1. The zero-order valence-electron chi connectivity index (χ0n) is 13.2. The van der Waals surface area contributed by atoms with Gasteiger partial charge in [-0.15, -0.1) is 0 Å². The first-order valence-corrected chi connectivity index (χ1v) is 8.17. The first-order valence-electron chi connectivity index (χ1n) is 8.17. The lowest BCUT2D eigenvalue weighted by Crippen LogP contribution is -2.31. The highest BCUT2D eigenvalue weighted by Gasteiger charge is 2.46. The second kappa shape index (κ2) is 5.81. The van der Waals surface area contributed by atoms with Gasteiger partial charge in [0.15, 0.2) is 5.78 Å². The van der Waals surface area contributed by atoms with Crippen LogP contribution >= 0.6 is 0 Å². The van der Waals surface area contributed by atoms with Crippen LogP contribution in [0, 0.1) is 23.2 Å². The van der Waals surface area contributed by atoms with E-state index in [1.165, 1.54) is 37.7 Å². The number of carbonyl (C=O) groups excluding carboxylic acids is 1. The molecule has 0 amide bonds. The van der Waals surface area contributed by atoms with Crippen LogP contribution in [0.5, 0.6) is 0 Å². The third-order valence-electron chi connectivity index (χ3n) is 5.63. The van der Waals surface area contributed by atoms with Gasteiger partial charge in [0.2, 0.25) is 0 Å². The first-order chi connectivity index (χ1) is 8.93. The minimum absolute atomic E-state index is 0.338. The lowest BCUT2D eigenvalue weighted by molar-refractivity contribution is -0.115. The van der Waals surface area contributed by atoms with Crippen molar-refractivity contribution >= 4 is 5.78 Å². The fourth-order valence-corrected chi connectivity index (χ4v) is 4.35. The van der Waals surface area contributed by atoms with Crippen LogP contribution in [-0.4, -0.2) is 5.78 Å². The van der Waals surface area contributed by atoms with E-state index in [1.807, 2.05) is 6.08 Å². The van der Waals surface area contributed by atoms with E-state index in [9.17, 15) is 4.79 Å². The summed E-state index contributed by atoms with van der Waals surface area (Å²) in [5.41, 5.74) is 1.80. The molecule has 19 heavy (non-hydrogen) atoms. The van der Waals surface area contributed by atoms with Gasteiger partial charge in [-0.3, -0.25) is 4.79 Å². The molecule has 1 fully saturated rings. The van der Waals surface area contributed by atoms with Crippen molar-refractivity contribution < 1.29 is 4.79 Å². The van der Waals surface area contributed by atoms with E-state index in [4.69, 9.17) is 0 Å². The maximum Gasteiger partial charge on any atom is 0.155 e. The molecule has 2 aliphatic rings. The van der Waals surface area contributed by atoms with Gasteiger partial charge in [0.25, 0.3) is 0 Å². The van der Waals surface area contributed by atoms with Crippen LogP contribution in [0.3, 0.4) is 0 Å². The Morgan fingerprint density at radius 1 is 1.26 bits per heavy atom. The van der Waals surface area contributed by atoms with Gasteiger partial charge in [0.05, 0.1) is 0 Å². The molecule has 2 aliphatic carbocycles. The van der Waals surface area contributed by atoms with E-state index in [2.05, 4.69) is 27.7 Å². The van der Waals surface area contributed by atoms with Crippen LogP contribution in [0.15, 0.2) is 11.6 Å². The van der Waals surface area contributed by atoms with Crippen molar-refractivity contribution in [2.24, 2.45) is 23.2 Å². The summed E-state index contributed by atoms with van der Waals surface area (Å²) in [6.07, 6.45) is 10.4. The van der Waals surface area contributed by atoms with Crippen LogP contribution in [0.25, 0.3) is 0 Å². The molecule has 0 radical (unpaired) electrons. The number of hydrogen-bond donors (Lipinski definition) is 0. The van der Waals surface area contributed by atoms with E-state index >= 15 is 0 Å². The van der Waals surface area contributed by atoms with Crippen LogP contribution < -0.4 is 0 Å². The molecule has 0 bridgehead atoms. The number of allylic oxidation sites excluding steroid dienone is 2. The summed E-state index contributed by atoms with van der Waals surface area (Å²) in [4.78, 5) is 11.6. The van der Waals surface area contributed by atoms with Crippen LogP contribution in [0.1, 0.15) is 72.6 Å². The monoisotopic (exact) mass is 262 g/mol. The Balaban J connectivity index is 1.98. The summed E-state index contributed by atoms with van der Waals surface area (Å²) in [5, 5.41) is 0. The van der Waals surface area contributed by atoms with Gasteiger partial charge in [0.1, 0.15) is 0 Å². The highest BCUT2D eigenvalue weighted by Crippen LogP contribution is 2.55. The molecule has 0 N–H and O–H groups in total. The second-order valence-corrected chi connectivity index (χ2v) is 7.50. The molecule has 1 heteroatoms. The SMILES string of the molecule is CC(C)CCCC(C)[C@H]1CCC2=CC(=O)CC[C@@]21C. The van der Waals surface area contributed by atoms with E-state index < -0.39 is 0 Å². The predicted octanol–water partition coefficient (Wildman–Crippen LogP) is 5.15. The molecular weight excluding hydrogens is 232 g/mol. The van der Waals surface area contributed by atoms with Crippen LogP contribution in [0.4, 0.5) is 0 Å². The fraction of sp³-hybridized carbons (Fsp3) is 0.833. The molecule has 0 aromatic heterocycles. The molecule has 108 valence electrons. The van der Waals surface area contributed by atoms with Crippen molar-refractivity contribution in [2.45, 2.75) is 72.6 Å². The zero-order valence-corrected chi connectivity index (χ0v) is 13.2. The molecule has 1 nitrogen and oxygen atoms in total. The third-order valence-corrected chi connectivity index (χ3v) is 5.63. The summed E-state index contributed by atoms with van der Waals surface area (Å²) < 4.78 is 0. The third kappa shape index (κ3) is 3.12. The number of rotatable bonds is 5. The van der Waals surface area contributed by atoms with Crippen molar-refractivity contribution in [1.82, 2.24) is 0 Å². The van der Waals surface area contributed by atoms with E-state index in [-0.39, 0.29) is 0 Å². The standard InChI is InChI=1S/C18H30O/c1-13(2)6-5-7-14(3)17-9-8-15-12-16(19)10-11-18(15,17)4/h12-14,17H,5-11H2,1-4H3/t14?,17-,18+/m1/s1. The van der Waals surface area contributed by atoms with Crippen molar-refractivity contribution in [3.63, 3.8) is 0 Å². The summed E-state index contributed by atoms with van der Waals surface area (Å²) in [5.74, 6) is 2.80. The second-order valence-electron chi connectivity index (χ2n) is 7.50. The Kier molecular flexibility index (Phi) is 4.53. The molecule has 0 spiro atoms. The highest BCUT2D eigenvalue weighted by molar-refractivity contribution is 5.91. The zero-order chi connectivity index (χ0) is 14.0. The first kappa shape index (κ1) is 14.8. The normalized spacial score (nSPS) is 32.4. The van der Waals surface area contributed by atoms with Crippen molar-refractivity contribution in [3.05, 3.63) is 11.6 Å². The van der Waals surface area contributed by atoms with Gasteiger partial charge >= 0.3 is 0 Å². The molecule has 0 heterocycles. The molecule has 1 unspecified atom stereocenters. The van der Waals surface area contributed by atoms with Crippen LogP contribution in [0.2, 0.25) is 0 Å². The van der Waals surface area contributed by atoms with Gasteiger partial charge in [-0.25, -0.2) is 0 Å². The molecular formula is C18H30O. The smallest absolute Gasteiger partial charge is 0.155 e. The molecule has 0 aromatic rings. The topological polar surface area (TPSA) is 17.1 Å². The maximum absolute atomic E-state index is 11.6. The van der Waals surface area contributed by atoms with Crippen molar-refractivity contribution in [2.75, 3.05) is 0 Å². The van der Waals surface area contributed by atoms with Gasteiger partial charge in [-0.1, -0.05) is 52.5 Å². The van der Waals surface area contributed by atoms with E-state index in [0.717, 1.165) is 30.6 Å². The predicted molar refractivity (Wildman–Crippen MR) is 81.0 cm³/mol. The summed E-state index contributed by atoms with van der Waals surface area (Å²) >= 11 is 0. The molecule has 0 saturated heterocycles. The Bertz CT molecular complexity index is 366. The molecule has 0 aromatic carbocycles. The molecule has 0 aliphatic heterocycles. The molecule has 1 saturated carbocycles. The largest absolute Gasteiger partial charge is 0.295 e. The fourth-order valence-electron chi connectivity index (χ4n) is 4.35. The van der Waals surface area contributed by atoms with Gasteiger partial charge in [-0.05, 0) is 48.5 Å². The maximum atomic E-state index is 11.6. The van der Waals surface area contributed by atoms with Gasteiger partial charge in [0, 0.05) is 6.42 Å². The lowest BCUT2D eigenvalue weighted by Gasteiger charge is -2.38. The van der Waals surface area contributed by atoms with Crippen LogP contribution in [-0.2, 0) is 4.79 Å². The Hall–Kier alpha value is -0.590. The molecule has 2 rings (SSSR count).